The zero-order valence-corrected chi connectivity index (χ0v) is 20.6. The highest BCUT2D eigenvalue weighted by Crippen LogP contribution is 2.57. The van der Waals surface area contributed by atoms with Gasteiger partial charge in [-0.2, -0.15) is 0 Å². The van der Waals surface area contributed by atoms with Gasteiger partial charge in [0.05, 0.1) is 16.1 Å². The molecule has 2 nitrogen and oxygen atoms in total. The van der Waals surface area contributed by atoms with Crippen molar-refractivity contribution in [3.05, 3.63) is 146 Å². The Kier molecular flexibility index (Phi) is 7.01. The Morgan fingerprint density at radius 3 is 1.09 bits per heavy atom. The lowest BCUT2D eigenvalue weighted by Gasteiger charge is -2.40. The predicted molar refractivity (Wildman–Crippen MR) is 151 cm³/mol. The van der Waals surface area contributed by atoms with E-state index in [4.69, 9.17) is 5.73 Å². The van der Waals surface area contributed by atoms with Crippen molar-refractivity contribution < 1.29 is 0 Å². The van der Waals surface area contributed by atoms with Crippen LogP contribution in [0.25, 0.3) is 0 Å². The minimum absolute atomic E-state index is 0.773. The van der Waals surface area contributed by atoms with E-state index in [-0.39, 0.29) is 0 Å². The molecule has 5 rings (SSSR count). The summed E-state index contributed by atoms with van der Waals surface area (Å²) in [7, 11) is -1.77. The molecule has 4 heteroatoms. The van der Waals surface area contributed by atoms with Crippen molar-refractivity contribution in [2.75, 3.05) is 10.2 Å². The van der Waals surface area contributed by atoms with E-state index < -0.39 is 16.1 Å². The molecule has 0 aliphatic carbocycles. The first-order valence-electron chi connectivity index (χ1n) is 11.3. The van der Waals surface area contributed by atoms with Gasteiger partial charge in [-0.3, -0.25) is 0 Å². The van der Waals surface area contributed by atoms with Crippen LogP contribution >= 0.6 is 16.1 Å². The van der Waals surface area contributed by atoms with Crippen LogP contribution in [0.15, 0.2) is 146 Å². The van der Waals surface area contributed by atoms with Gasteiger partial charge in [0.2, 0.25) is 0 Å². The van der Waals surface area contributed by atoms with Gasteiger partial charge in [-0.25, -0.2) is 0 Å². The molecule has 0 amide bonds. The van der Waals surface area contributed by atoms with Crippen LogP contribution in [-0.4, -0.2) is 0 Å². The summed E-state index contributed by atoms with van der Waals surface area (Å²) in [4.78, 5) is 0. The van der Waals surface area contributed by atoms with Gasteiger partial charge in [0.1, 0.15) is 0 Å². The third-order valence-corrected chi connectivity index (χ3v) is 10.9. The van der Waals surface area contributed by atoms with Gasteiger partial charge in [0, 0.05) is 32.6 Å². The summed E-state index contributed by atoms with van der Waals surface area (Å²) >= 11 is 0. The van der Waals surface area contributed by atoms with Crippen molar-refractivity contribution in [1.29, 1.82) is 0 Å². The highest BCUT2D eigenvalue weighted by molar-refractivity contribution is 7.90. The SMILES string of the molecule is Nc1cccc(N(P(c2ccccc2)c2ccccc2)P(c2ccccc2)c2ccccc2)c1. The van der Waals surface area contributed by atoms with Gasteiger partial charge >= 0.3 is 0 Å². The van der Waals surface area contributed by atoms with Crippen LogP contribution in [0.5, 0.6) is 0 Å². The number of anilines is 2. The van der Waals surface area contributed by atoms with E-state index in [1.165, 1.54) is 21.2 Å². The fourth-order valence-corrected chi connectivity index (χ4v) is 9.94. The second kappa shape index (κ2) is 10.7. The predicted octanol–water partition coefficient (Wildman–Crippen LogP) is 6.17. The van der Waals surface area contributed by atoms with Gasteiger partial charge in [0.15, 0.2) is 0 Å². The molecule has 0 fully saturated rings. The third-order valence-electron chi connectivity index (χ3n) is 5.48. The Balaban J connectivity index is 1.80. The quantitative estimate of drug-likeness (QED) is 0.225. The van der Waals surface area contributed by atoms with Crippen molar-refractivity contribution >= 4 is 48.7 Å². The van der Waals surface area contributed by atoms with Crippen molar-refractivity contribution in [1.82, 2.24) is 0 Å². The third kappa shape index (κ3) is 4.90. The number of nitrogen functional groups attached to an aromatic ring is 1. The van der Waals surface area contributed by atoms with E-state index >= 15 is 0 Å². The summed E-state index contributed by atoms with van der Waals surface area (Å²) in [6.07, 6.45) is 0. The fraction of sp³-hybridized carbons (Fsp3) is 0. The summed E-state index contributed by atoms with van der Waals surface area (Å²) < 4.78 is 2.64. The lowest BCUT2D eigenvalue weighted by molar-refractivity contribution is 1.56. The summed E-state index contributed by atoms with van der Waals surface area (Å²) in [5.74, 6) is 0. The Morgan fingerprint density at radius 2 is 0.765 bits per heavy atom. The number of hydrogen-bond acceptors (Lipinski definition) is 2. The molecule has 0 aliphatic rings. The standard InChI is InChI=1S/C30H26N2P2/c31-25-14-13-15-26(24-25)32(33(27-16-5-1-6-17-27)28-18-7-2-8-19-28)34(29-20-9-3-10-21-29)30-22-11-4-12-23-30/h1-24H,31H2. The first kappa shape index (κ1) is 22.4. The highest BCUT2D eigenvalue weighted by atomic mass is 31.2. The molecule has 0 aliphatic heterocycles. The van der Waals surface area contributed by atoms with Gasteiger partial charge in [-0.05, 0) is 18.2 Å². The number of nitrogens with two attached hydrogens (primary N) is 1. The second-order valence-electron chi connectivity index (χ2n) is 7.85. The van der Waals surface area contributed by atoms with E-state index in [1.807, 2.05) is 6.07 Å². The molecule has 5 aromatic rings. The maximum Gasteiger partial charge on any atom is 0.0590 e. The average molecular weight is 477 g/mol. The molecule has 0 spiro atoms. The molecule has 5 aromatic carbocycles. The molecular formula is C30H26N2P2. The number of benzene rings is 5. The maximum atomic E-state index is 6.34. The molecule has 0 aromatic heterocycles. The molecule has 166 valence electrons. The van der Waals surface area contributed by atoms with Crippen LogP contribution in [0.2, 0.25) is 0 Å². The number of nitrogens with zero attached hydrogens (tertiary/aromatic N) is 1. The zero-order chi connectivity index (χ0) is 23.2. The molecular weight excluding hydrogens is 450 g/mol. The summed E-state index contributed by atoms with van der Waals surface area (Å²) in [6.45, 7) is 0. The van der Waals surface area contributed by atoms with Crippen LogP contribution in [0.1, 0.15) is 0 Å². The van der Waals surface area contributed by atoms with Gasteiger partial charge in [-0.1, -0.05) is 127 Å². The van der Waals surface area contributed by atoms with Crippen LogP contribution in [0, 0.1) is 0 Å². The molecule has 0 radical (unpaired) electrons. The minimum atomic E-state index is -0.883. The van der Waals surface area contributed by atoms with Crippen LogP contribution < -0.4 is 31.4 Å². The molecule has 0 saturated heterocycles. The first-order chi connectivity index (χ1) is 16.8. The maximum absolute atomic E-state index is 6.34. The van der Waals surface area contributed by atoms with Gasteiger partial charge in [0.25, 0.3) is 0 Å². The van der Waals surface area contributed by atoms with Crippen LogP contribution in [0.4, 0.5) is 11.4 Å². The number of rotatable bonds is 7. The molecule has 0 unspecified atom stereocenters. The van der Waals surface area contributed by atoms with E-state index in [2.05, 4.69) is 144 Å². The lowest BCUT2D eigenvalue weighted by atomic mass is 10.3. The molecule has 34 heavy (non-hydrogen) atoms. The molecule has 0 atom stereocenters. The topological polar surface area (TPSA) is 29.3 Å². The normalized spacial score (nSPS) is 11.0. The van der Waals surface area contributed by atoms with Crippen LogP contribution in [0.3, 0.4) is 0 Å². The van der Waals surface area contributed by atoms with Crippen molar-refractivity contribution in [2.24, 2.45) is 0 Å². The average Bonchev–Trinajstić information content (AvgIpc) is 2.91. The summed E-state index contributed by atoms with van der Waals surface area (Å²) in [5.41, 5.74) is 8.25. The largest absolute Gasteiger partial charge is 0.399 e. The van der Waals surface area contributed by atoms with E-state index in [0.29, 0.717) is 0 Å². The smallest absolute Gasteiger partial charge is 0.0590 e. The van der Waals surface area contributed by atoms with Gasteiger partial charge < -0.3 is 10.2 Å². The Bertz CT molecular complexity index is 1150. The Hall–Kier alpha value is -3.44. The monoisotopic (exact) mass is 476 g/mol. The fourth-order valence-electron chi connectivity index (χ4n) is 3.98. The van der Waals surface area contributed by atoms with E-state index in [9.17, 15) is 0 Å². The van der Waals surface area contributed by atoms with Crippen molar-refractivity contribution in [3.63, 3.8) is 0 Å². The molecule has 0 bridgehead atoms. The summed E-state index contributed by atoms with van der Waals surface area (Å²) in [6, 6.07) is 51.8. The van der Waals surface area contributed by atoms with Crippen molar-refractivity contribution in [2.45, 2.75) is 0 Å². The Labute approximate surface area is 204 Å². The minimum Gasteiger partial charge on any atom is -0.399 e. The first-order valence-corrected chi connectivity index (χ1v) is 13.9. The van der Waals surface area contributed by atoms with E-state index in [0.717, 1.165) is 11.4 Å². The highest BCUT2D eigenvalue weighted by Gasteiger charge is 2.32. The molecule has 0 saturated carbocycles. The number of hydrogen-bond donors (Lipinski definition) is 1. The lowest BCUT2D eigenvalue weighted by Crippen LogP contribution is -2.31. The van der Waals surface area contributed by atoms with Crippen LogP contribution in [-0.2, 0) is 0 Å². The molecule has 2 N–H and O–H groups in total. The van der Waals surface area contributed by atoms with Gasteiger partial charge in [-0.15, -0.1) is 0 Å². The molecule has 0 heterocycles. The van der Waals surface area contributed by atoms with Crippen molar-refractivity contribution in [3.8, 4) is 0 Å². The second-order valence-corrected chi connectivity index (χ2v) is 12.3. The Morgan fingerprint density at radius 1 is 0.412 bits per heavy atom. The summed E-state index contributed by atoms with van der Waals surface area (Å²) in [5, 5.41) is 5.24. The zero-order valence-electron chi connectivity index (χ0n) is 18.8. The van der Waals surface area contributed by atoms with E-state index in [1.54, 1.807) is 0 Å².